The van der Waals surface area contributed by atoms with Crippen molar-refractivity contribution in [3.05, 3.63) is 52.3 Å². The summed E-state index contributed by atoms with van der Waals surface area (Å²) in [5.74, 6) is -0.386. The van der Waals surface area contributed by atoms with Crippen molar-refractivity contribution in [1.82, 2.24) is 9.78 Å². The average Bonchev–Trinajstić information content (AvgIpc) is 2.96. The number of nitriles is 1. The van der Waals surface area contributed by atoms with Crippen molar-refractivity contribution < 1.29 is 9.72 Å². The molecular weight excluding hydrogens is 274 g/mol. The number of anilines is 1. The molecule has 2 rings (SSSR count). The molecule has 0 radical (unpaired) electrons. The molecule has 0 aliphatic heterocycles. The molecule has 0 spiro atoms. The van der Waals surface area contributed by atoms with Crippen LogP contribution in [-0.2, 0) is 4.79 Å². The molecule has 1 atom stereocenters. The molecule has 0 fully saturated rings. The molecule has 106 valence electrons. The van der Waals surface area contributed by atoms with Gasteiger partial charge in [-0.3, -0.25) is 19.6 Å². The van der Waals surface area contributed by atoms with Crippen LogP contribution in [0, 0.1) is 21.4 Å². The second-order valence-corrected chi connectivity index (χ2v) is 4.29. The first-order valence-electron chi connectivity index (χ1n) is 6.01. The van der Waals surface area contributed by atoms with Gasteiger partial charge in [-0.05, 0) is 25.1 Å². The molecule has 8 heteroatoms. The number of hydrogen-bond acceptors (Lipinski definition) is 5. The van der Waals surface area contributed by atoms with E-state index in [2.05, 4.69) is 10.4 Å². The van der Waals surface area contributed by atoms with E-state index in [1.165, 1.54) is 16.9 Å². The zero-order valence-electron chi connectivity index (χ0n) is 11.1. The predicted octanol–water partition coefficient (Wildman–Crippen LogP) is 1.86. The van der Waals surface area contributed by atoms with Crippen molar-refractivity contribution >= 4 is 17.3 Å². The summed E-state index contributed by atoms with van der Waals surface area (Å²) in [5.41, 5.74) is 0.726. The van der Waals surface area contributed by atoms with Gasteiger partial charge < -0.3 is 5.32 Å². The SMILES string of the molecule is CC(C(=O)Nc1cccc(C#N)c1)n1cc([N+](=O)[O-])cn1. The number of nitrogens with one attached hydrogen (secondary N) is 1. The van der Waals surface area contributed by atoms with E-state index in [4.69, 9.17) is 5.26 Å². The lowest BCUT2D eigenvalue weighted by atomic mass is 10.2. The molecule has 1 aromatic carbocycles. The molecular formula is C13H11N5O3. The fourth-order valence-electron chi connectivity index (χ4n) is 1.67. The molecule has 0 aliphatic carbocycles. The topological polar surface area (TPSA) is 114 Å². The average molecular weight is 285 g/mol. The van der Waals surface area contributed by atoms with Gasteiger partial charge in [0.05, 0.1) is 16.6 Å². The number of hydrogen-bond donors (Lipinski definition) is 1. The lowest BCUT2D eigenvalue weighted by Crippen LogP contribution is -2.24. The zero-order valence-corrected chi connectivity index (χ0v) is 11.1. The van der Waals surface area contributed by atoms with Crippen LogP contribution in [-0.4, -0.2) is 20.6 Å². The molecule has 0 bridgehead atoms. The molecule has 0 saturated heterocycles. The van der Waals surface area contributed by atoms with Crippen molar-refractivity contribution in [2.45, 2.75) is 13.0 Å². The third-order valence-corrected chi connectivity index (χ3v) is 2.83. The Balaban J connectivity index is 2.11. The maximum atomic E-state index is 12.1. The highest BCUT2D eigenvalue weighted by Gasteiger charge is 2.19. The first-order chi connectivity index (χ1) is 10.0. The van der Waals surface area contributed by atoms with Crippen LogP contribution in [0.2, 0.25) is 0 Å². The van der Waals surface area contributed by atoms with Gasteiger partial charge >= 0.3 is 5.69 Å². The molecule has 1 unspecified atom stereocenters. The van der Waals surface area contributed by atoms with Crippen LogP contribution in [0.25, 0.3) is 0 Å². The van der Waals surface area contributed by atoms with Crippen molar-refractivity contribution in [3.8, 4) is 6.07 Å². The zero-order chi connectivity index (χ0) is 15.4. The minimum atomic E-state index is -0.718. The van der Waals surface area contributed by atoms with Crippen molar-refractivity contribution in [3.63, 3.8) is 0 Å². The Labute approximate surface area is 119 Å². The number of amides is 1. The highest BCUT2D eigenvalue weighted by molar-refractivity contribution is 5.93. The third-order valence-electron chi connectivity index (χ3n) is 2.83. The minimum Gasteiger partial charge on any atom is -0.324 e. The Kier molecular flexibility index (Phi) is 3.95. The molecule has 2 aromatic rings. The van der Waals surface area contributed by atoms with E-state index in [0.29, 0.717) is 11.3 Å². The van der Waals surface area contributed by atoms with E-state index in [0.717, 1.165) is 6.20 Å². The highest BCUT2D eigenvalue weighted by atomic mass is 16.6. The maximum Gasteiger partial charge on any atom is 0.307 e. The second-order valence-electron chi connectivity index (χ2n) is 4.29. The maximum absolute atomic E-state index is 12.1. The Morgan fingerprint density at radius 3 is 2.95 bits per heavy atom. The quantitative estimate of drug-likeness (QED) is 0.680. The van der Waals surface area contributed by atoms with Gasteiger partial charge in [0.2, 0.25) is 5.91 Å². The van der Waals surface area contributed by atoms with E-state index >= 15 is 0 Å². The Morgan fingerprint density at radius 2 is 2.33 bits per heavy atom. The number of benzene rings is 1. The van der Waals surface area contributed by atoms with Crippen molar-refractivity contribution in [2.75, 3.05) is 5.32 Å². The van der Waals surface area contributed by atoms with Crippen LogP contribution >= 0.6 is 0 Å². The first-order valence-corrected chi connectivity index (χ1v) is 6.01. The summed E-state index contributed by atoms with van der Waals surface area (Å²) in [4.78, 5) is 22.1. The van der Waals surface area contributed by atoms with Crippen LogP contribution < -0.4 is 5.32 Å². The molecule has 8 nitrogen and oxygen atoms in total. The summed E-state index contributed by atoms with van der Waals surface area (Å²) in [6.07, 6.45) is 2.27. The minimum absolute atomic E-state index is 0.180. The van der Waals surface area contributed by atoms with Gasteiger partial charge in [0.25, 0.3) is 0 Å². The largest absolute Gasteiger partial charge is 0.324 e. The van der Waals surface area contributed by atoms with Crippen LogP contribution in [0.15, 0.2) is 36.7 Å². The number of nitro groups is 1. The van der Waals surface area contributed by atoms with Gasteiger partial charge in [-0.25, -0.2) is 0 Å². The van der Waals surface area contributed by atoms with Crippen LogP contribution in [0.4, 0.5) is 11.4 Å². The van der Waals surface area contributed by atoms with Gasteiger partial charge in [0, 0.05) is 5.69 Å². The normalized spacial score (nSPS) is 11.4. The van der Waals surface area contributed by atoms with E-state index in [9.17, 15) is 14.9 Å². The van der Waals surface area contributed by atoms with Crippen LogP contribution in [0.3, 0.4) is 0 Å². The molecule has 0 aliphatic rings. The fraction of sp³-hybridized carbons (Fsp3) is 0.154. The Hall–Kier alpha value is -3.21. The monoisotopic (exact) mass is 285 g/mol. The fourth-order valence-corrected chi connectivity index (χ4v) is 1.67. The lowest BCUT2D eigenvalue weighted by molar-refractivity contribution is -0.385. The molecule has 1 N–H and O–H groups in total. The summed E-state index contributed by atoms with van der Waals surface area (Å²) in [7, 11) is 0. The van der Waals surface area contributed by atoms with E-state index in [-0.39, 0.29) is 11.6 Å². The van der Waals surface area contributed by atoms with Crippen LogP contribution in [0.5, 0.6) is 0 Å². The Morgan fingerprint density at radius 1 is 1.57 bits per heavy atom. The smallest absolute Gasteiger partial charge is 0.307 e. The second kappa shape index (κ2) is 5.83. The van der Waals surface area contributed by atoms with E-state index < -0.39 is 11.0 Å². The number of carbonyl (C=O) groups excluding carboxylic acids is 1. The summed E-state index contributed by atoms with van der Waals surface area (Å²) < 4.78 is 1.21. The summed E-state index contributed by atoms with van der Waals surface area (Å²) in [6, 6.07) is 7.71. The molecule has 1 aromatic heterocycles. The third kappa shape index (κ3) is 3.22. The van der Waals surface area contributed by atoms with Gasteiger partial charge in [0.15, 0.2) is 0 Å². The van der Waals surface area contributed by atoms with Gasteiger partial charge in [-0.1, -0.05) is 6.07 Å². The highest BCUT2D eigenvalue weighted by Crippen LogP contribution is 2.16. The standard InChI is InChI=1S/C13H11N5O3/c1-9(17-8-12(7-15-17)18(20)21)13(19)16-11-4-2-3-10(5-11)6-14/h2-5,7-9H,1H3,(H,16,19). The van der Waals surface area contributed by atoms with Gasteiger partial charge in [0.1, 0.15) is 18.4 Å². The number of aromatic nitrogens is 2. The van der Waals surface area contributed by atoms with Gasteiger partial charge in [-0.2, -0.15) is 10.4 Å². The molecule has 21 heavy (non-hydrogen) atoms. The number of rotatable bonds is 4. The van der Waals surface area contributed by atoms with Gasteiger partial charge in [-0.15, -0.1) is 0 Å². The van der Waals surface area contributed by atoms with E-state index in [1.54, 1.807) is 25.1 Å². The van der Waals surface area contributed by atoms with Crippen molar-refractivity contribution in [2.24, 2.45) is 0 Å². The summed E-state index contributed by atoms with van der Waals surface area (Å²) in [5, 5.41) is 25.8. The number of carbonyl (C=O) groups is 1. The first kappa shape index (κ1) is 14.2. The number of nitrogens with zero attached hydrogens (tertiary/aromatic N) is 4. The predicted molar refractivity (Wildman–Crippen MR) is 73.4 cm³/mol. The molecule has 0 saturated carbocycles. The molecule has 1 amide bonds. The van der Waals surface area contributed by atoms with Crippen LogP contribution in [0.1, 0.15) is 18.5 Å². The molecule has 1 heterocycles. The Bertz CT molecular complexity index is 731. The lowest BCUT2D eigenvalue weighted by Gasteiger charge is -2.12. The summed E-state index contributed by atoms with van der Waals surface area (Å²) >= 11 is 0. The van der Waals surface area contributed by atoms with Crippen molar-refractivity contribution in [1.29, 1.82) is 5.26 Å². The van der Waals surface area contributed by atoms with E-state index in [1.807, 2.05) is 6.07 Å². The summed E-state index contributed by atoms with van der Waals surface area (Å²) in [6.45, 7) is 1.57.